The normalized spacial score (nSPS) is 18.8. The van der Waals surface area contributed by atoms with E-state index in [1.807, 2.05) is 23.1 Å². The van der Waals surface area contributed by atoms with Crippen LogP contribution in [0.15, 0.2) is 36.7 Å². The van der Waals surface area contributed by atoms with Crippen LogP contribution in [0, 0.1) is 19.8 Å². The molecule has 0 saturated carbocycles. The quantitative estimate of drug-likeness (QED) is 0.867. The number of hydrogen-bond acceptors (Lipinski definition) is 4. The Labute approximate surface area is 171 Å². The Balaban J connectivity index is 1.27. The van der Waals surface area contributed by atoms with Gasteiger partial charge in [0.15, 0.2) is 6.10 Å². The molecule has 2 aliphatic rings. The van der Waals surface area contributed by atoms with Crippen LogP contribution in [0.25, 0.3) is 0 Å². The number of carbonyl (C=O) groups is 2. The fraction of sp³-hybridized carbons (Fsp3) is 0.435. The highest BCUT2D eigenvalue weighted by molar-refractivity contribution is 5.83. The lowest BCUT2D eigenvalue weighted by Gasteiger charge is -2.32. The van der Waals surface area contributed by atoms with E-state index in [-0.39, 0.29) is 17.7 Å². The van der Waals surface area contributed by atoms with E-state index in [9.17, 15) is 9.59 Å². The number of nitrogens with zero attached hydrogens (tertiary/aromatic N) is 2. The molecule has 1 atom stereocenters. The van der Waals surface area contributed by atoms with E-state index in [0.29, 0.717) is 38.9 Å². The van der Waals surface area contributed by atoms with Crippen molar-refractivity contribution in [1.29, 1.82) is 0 Å². The number of nitrogens with one attached hydrogen (secondary N) is 1. The van der Waals surface area contributed by atoms with Crippen molar-refractivity contribution in [3.63, 3.8) is 0 Å². The molecule has 2 aromatic rings. The van der Waals surface area contributed by atoms with Gasteiger partial charge in [-0.1, -0.05) is 12.1 Å². The van der Waals surface area contributed by atoms with E-state index in [0.717, 1.165) is 16.9 Å². The van der Waals surface area contributed by atoms with Crippen LogP contribution < -0.4 is 10.1 Å². The summed E-state index contributed by atoms with van der Waals surface area (Å²) in [4.78, 5) is 31.3. The van der Waals surface area contributed by atoms with Gasteiger partial charge in [0.05, 0.1) is 0 Å². The highest BCUT2D eigenvalue weighted by Crippen LogP contribution is 2.32. The lowest BCUT2D eigenvalue weighted by atomic mass is 9.95. The van der Waals surface area contributed by atoms with Crippen molar-refractivity contribution < 1.29 is 14.3 Å². The number of ether oxygens (including phenoxy) is 1. The molecular formula is C23H27N3O3. The molecule has 0 bridgehead atoms. The minimum atomic E-state index is -0.442. The first kappa shape index (κ1) is 19.4. The number of pyridine rings is 1. The van der Waals surface area contributed by atoms with Gasteiger partial charge in [-0.15, -0.1) is 0 Å². The van der Waals surface area contributed by atoms with Gasteiger partial charge in [0.1, 0.15) is 5.75 Å². The third-order valence-corrected chi connectivity index (χ3v) is 5.99. The molecule has 6 heteroatoms. The molecule has 1 aromatic heterocycles. The van der Waals surface area contributed by atoms with Crippen LogP contribution in [0.5, 0.6) is 5.75 Å². The van der Waals surface area contributed by atoms with Crippen molar-refractivity contribution in [3.8, 4) is 5.75 Å². The van der Waals surface area contributed by atoms with Crippen LogP contribution in [-0.2, 0) is 22.6 Å². The second-order valence-electron chi connectivity index (χ2n) is 8.03. The number of piperidine rings is 1. The summed E-state index contributed by atoms with van der Waals surface area (Å²) in [5, 5.41) is 2.98. The Kier molecular flexibility index (Phi) is 5.51. The summed E-state index contributed by atoms with van der Waals surface area (Å²) < 4.78 is 5.94. The van der Waals surface area contributed by atoms with E-state index in [4.69, 9.17) is 4.74 Å². The smallest absolute Gasteiger partial charge is 0.263 e. The number of likely N-dealkylation sites (tertiary alicyclic amines) is 1. The minimum absolute atomic E-state index is 0.0331. The van der Waals surface area contributed by atoms with Gasteiger partial charge in [-0.25, -0.2) is 0 Å². The molecule has 1 aromatic carbocycles. The number of fused-ring (bicyclic) bond motifs is 1. The maximum absolute atomic E-state index is 12.9. The van der Waals surface area contributed by atoms with E-state index in [1.54, 1.807) is 12.4 Å². The first-order chi connectivity index (χ1) is 14.0. The van der Waals surface area contributed by atoms with Crippen molar-refractivity contribution in [2.24, 2.45) is 5.92 Å². The monoisotopic (exact) mass is 393 g/mol. The second kappa shape index (κ2) is 8.23. The zero-order valence-corrected chi connectivity index (χ0v) is 17.0. The van der Waals surface area contributed by atoms with Crippen molar-refractivity contribution in [3.05, 3.63) is 58.9 Å². The van der Waals surface area contributed by atoms with Gasteiger partial charge in [0, 0.05) is 44.4 Å². The number of carbonyl (C=O) groups excluding carboxylic acids is 2. The maximum atomic E-state index is 12.9. The molecule has 3 heterocycles. The van der Waals surface area contributed by atoms with Crippen LogP contribution in [0.2, 0.25) is 0 Å². The average Bonchev–Trinajstić information content (AvgIpc) is 3.15. The molecule has 1 N–H and O–H groups in total. The third-order valence-electron chi connectivity index (χ3n) is 5.99. The number of hydrogen-bond donors (Lipinski definition) is 1. The molecule has 0 spiro atoms. The molecule has 1 fully saturated rings. The van der Waals surface area contributed by atoms with E-state index >= 15 is 0 Å². The predicted molar refractivity (Wildman–Crippen MR) is 109 cm³/mol. The molecular weight excluding hydrogens is 366 g/mol. The lowest BCUT2D eigenvalue weighted by molar-refractivity contribution is -0.141. The van der Waals surface area contributed by atoms with Crippen molar-refractivity contribution in [2.75, 3.05) is 13.1 Å². The summed E-state index contributed by atoms with van der Waals surface area (Å²) >= 11 is 0. The summed E-state index contributed by atoms with van der Waals surface area (Å²) in [6, 6.07) is 7.95. The van der Waals surface area contributed by atoms with Crippen LogP contribution in [0.4, 0.5) is 0 Å². The number of amides is 2. The first-order valence-electron chi connectivity index (χ1n) is 10.2. The molecule has 29 heavy (non-hydrogen) atoms. The number of rotatable bonds is 4. The highest BCUT2D eigenvalue weighted by Gasteiger charge is 2.35. The van der Waals surface area contributed by atoms with Gasteiger partial charge >= 0.3 is 0 Å². The molecule has 0 radical (unpaired) electrons. The standard InChI is InChI=1S/C23H27N3O3/c1-15-10-19-12-21(29-20(19)11-16(15)2)23(28)26-8-5-18(6-9-26)22(27)25-14-17-4-3-7-24-13-17/h3-4,7,10-11,13,18,21H,5-6,8-9,12,14H2,1-2H3,(H,25,27). The summed E-state index contributed by atoms with van der Waals surface area (Å²) in [5.41, 5.74) is 4.49. The van der Waals surface area contributed by atoms with E-state index < -0.39 is 6.10 Å². The molecule has 152 valence electrons. The minimum Gasteiger partial charge on any atom is -0.480 e. The van der Waals surface area contributed by atoms with Crippen LogP contribution in [-0.4, -0.2) is 40.9 Å². The number of benzene rings is 1. The third kappa shape index (κ3) is 4.26. The highest BCUT2D eigenvalue weighted by atomic mass is 16.5. The fourth-order valence-corrected chi connectivity index (χ4v) is 4.05. The Morgan fingerprint density at radius 1 is 1.21 bits per heavy atom. The molecule has 4 rings (SSSR count). The molecule has 6 nitrogen and oxygen atoms in total. The van der Waals surface area contributed by atoms with Gasteiger partial charge in [-0.3, -0.25) is 14.6 Å². The Hall–Kier alpha value is -2.89. The van der Waals surface area contributed by atoms with E-state index in [2.05, 4.69) is 30.2 Å². The molecule has 2 aliphatic heterocycles. The lowest BCUT2D eigenvalue weighted by Crippen LogP contribution is -2.47. The summed E-state index contributed by atoms with van der Waals surface area (Å²) in [6.45, 7) is 5.81. The summed E-state index contributed by atoms with van der Waals surface area (Å²) in [6.07, 6.45) is 5.02. The van der Waals surface area contributed by atoms with E-state index in [1.165, 1.54) is 11.1 Å². The summed E-state index contributed by atoms with van der Waals surface area (Å²) in [5.74, 6) is 0.862. The van der Waals surface area contributed by atoms with Gasteiger partial charge < -0.3 is 15.0 Å². The zero-order valence-electron chi connectivity index (χ0n) is 17.0. The van der Waals surface area contributed by atoms with Crippen molar-refractivity contribution >= 4 is 11.8 Å². The Bertz CT molecular complexity index is 874. The predicted octanol–water partition coefficient (Wildman–Crippen LogP) is 2.56. The molecule has 0 aliphatic carbocycles. The zero-order chi connectivity index (χ0) is 20.4. The molecule has 2 amide bonds. The van der Waals surface area contributed by atoms with Gasteiger partial charge in [-0.2, -0.15) is 0 Å². The van der Waals surface area contributed by atoms with Crippen LogP contribution in [0.3, 0.4) is 0 Å². The van der Waals surface area contributed by atoms with Gasteiger partial charge in [0.25, 0.3) is 5.91 Å². The number of aromatic nitrogens is 1. The van der Waals surface area contributed by atoms with Gasteiger partial charge in [-0.05, 0) is 61.1 Å². The average molecular weight is 393 g/mol. The maximum Gasteiger partial charge on any atom is 0.263 e. The molecule has 1 saturated heterocycles. The van der Waals surface area contributed by atoms with Gasteiger partial charge in [0.2, 0.25) is 5.91 Å². The van der Waals surface area contributed by atoms with Crippen molar-refractivity contribution in [2.45, 2.75) is 45.8 Å². The summed E-state index contributed by atoms with van der Waals surface area (Å²) in [7, 11) is 0. The second-order valence-corrected chi connectivity index (χ2v) is 8.03. The Morgan fingerprint density at radius 3 is 2.69 bits per heavy atom. The first-order valence-corrected chi connectivity index (χ1v) is 10.2. The number of aryl methyl sites for hydroxylation is 2. The fourth-order valence-electron chi connectivity index (χ4n) is 4.05. The van der Waals surface area contributed by atoms with Crippen LogP contribution in [0.1, 0.15) is 35.1 Å². The van der Waals surface area contributed by atoms with Crippen LogP contribution >= 0.6 is 0 Å². The Morgan fingerprint density at radius 2 is 1.97 bits per heavy atom. The topological polar surface area (TPSA) is 71.5 Å². The largest absolute Gasteiger partial charge is 0.480 e. The SMILES string of the molecule is Cc1cc2c(cc1C)OC(C(=O)N1CCC(C(=O)NCc3cccnc3)CC1)C2. The van der Waals surface area contributed by atoms with Crippen molar-refractivity contribution in [1.82, 2.24) is 15.2 Å². The molecule has 1 unspecified atom stereocenters.